The summed E-state index contributed by atoms with van der Waals surface area (Å²) in [4.78, 5) is 14.4. The van der Waals surface area contributed by atoms with Crippen molar-refractivity contribution < 1.29 is 4.79 Å². The van der Waals surface area contributed by atoms with E-state index in [0.717, 1.165) is 54.9 Å². The Labute approximate surface area is 153 Å². The monoisotopic (exact) mass is 358 g/mol. The van der Waals surface area contributed by atoms with Crippen LogP contribution in [0.2, 0.25) is 0 Å². The van der Waals surface area contributed by atoms with E-state index in [4.69, 9.17) is 0 Å². The zero-order valence-corrected chi connectivity index (χ0v) is 16.1. The van der Waals surface area contributed by atoms with Crippen molar-refractivity contribution in [3.63, 3.8) is 0 Å². The van der Waals surface area contributed by atoms with E-state index in [1.54, 1.807) is 0 Å². The fraction of sp³-hybridized carbons (Fsp3) is 0.526. The fourth-order valence-corrected chi connectivity index (χ4v) is 4.08. The summed E-state index contributed by atoms with van der Waals surface area (Å²) in [6.45, 7) is 8.98. The van der Waals surface area contributed by atoms with Crippen molar-refractivity contribution in [1.82, 2.24) is 19.7 Å². The Kier molecular flexibility index (Phi) is 5.78. The number of hydrogen-bond donors (Lipinski definition) is 0. The topological polar surface area (TPSA) is 51.0 Å². The van der Waals surface area contributed by atoms with E-state index in [-0.39, 0.29) is 5.91 Å². The van der Waals surface area contributed by atoms with Crippen LogP contribution in [0, 0.1) is 12.8 Å². The molecule has 2 aromatic rings. The van der Waals surface area contributed by atoms with E-state index in [0.29, 0.717) is 5.75 Å². The first-order valence-corrected chi connectivity index (χ1v) is 9.98. The van der Waals surface area contributed by atoms with Gasteiger partial charge in [-0.15, -0.1) is 10.2 Å². The highest BCUT2D eigenvalue weighted by molar-refractivity contribution is 7.99. The number of thioether (sulfide) groups is 1. The Balaban J connectivity index is 1.69. The minimum absolute atomic E-state index is 0.208. The third kappa shape index (κ3) is 4.06. The lowest BCUT2D eigenvalue weighted by Crippen LogP contribution is -2.38. The Morgan fingerprint density at radius 3 is 2.64 bits per heavy atom. The number of hydrogen-bond acceptors (Lipinski definition) is 4. The maximum absolute atomic E-state index is 12.5. The van der Waals surface area contributed by atoms with Gasteiger partial charge in [0.05, 0.1) is 5.75 Å². The molecule has 1 aliphatic rings. The zero-order chi connectivity index (χ0) is 17.8. The van der Waals surface area contributed by atoms with Crippen LogP contribution >= 0.6 is 11.8 Å². The molecule has 6 heteroatoms. The summed E-state index contributed by atoms with van der Waals surface area (Å²) in [7, 11) is 0. The highest BCUT2D eigenvalue weighted by Gasteiger charge is 2.21. The number of carbonyl (C=O) groups excluding carboxylic acids is 1. The number of aryl methyl sites for hydroxylation is 1. The average Bonchev–Trinajstić information content (AvgIpc) is 3.03. The van der Waals surface area contributed by atoms with Crippen LogP contribution in [0.25, 0.3) is 11.4 Å². The van der Waals surface area contributed by atoms with E-state index in [9.17, 15) is 4.79 Å². The van der Waals surface area contributed by atoms with E-state index in [2.05, 4.69) is 47.7 Å². The molecule has 3 rings (SSSR count). The Bertz CT molecular complexity index is 735. The lowest BCUT2D eigenvalue weighted by molar-refractivity contribution is -0.129. The number of aromatic nitrogens is 3. The van der Waals surface area contributed by atoms with Gasteiger partial charge in [-0.05, 0) is 38.2 Å². The number of piperidine rings is 1. The highest BCUT2D eigenvalue weighted by atomic mass is 32.2. The quantitative estimate of drug-likeness (QED) is 0.766. The zero-order valence-electron chi connectivity index (χ0n) is 15.2. The number of rotatable bonds is 5. The van der Waals surface area contributed by atoms with E-state index in [1.807, 2.05) is 17.0 Å². The molecule has 134 valence electrons. The largest absolute Gasteiger partial charge is 0.342 e. The van der Waals surface area contributed by atoms with Crippen molar-refractivity contribution in [2.24, 2.45) is 5.92 Å². The fourth-order valence-electron chi connectivity index (χ4n) is 3.18. The molecule has 0 bridgehead atoms. The summed E-state index contributed by atoms with van der Waals surface area (Å²) in [5, 5.41) is 9.54. The first-order valence-electron chi connectivity index (χ1n) is 9.00. The molecule has 1 aromatic carbocycles. The lowest BCUT2D eigenvalue weighted by atomic mass is 9.99. The first kappa shape index (κ1) is 18.0. The summed E-state index contributed by atoms with van der Waals surface area (Å²) < 4.78 is 2.10. The smallest absolute Gasteiger partial charge is 0.233 e. The van der Waals surface area contributed by atoms with Crippen molar-refractivity contribution in [1.29, 1.82) is 0 Å². The van der Waals surface area contributed by atoms with Gasteiger partial charge in [0.2, 0.25) is 5.91 Å². The lowest BCUT2D eigenvalue weighted by Gasteiger charge is -2.30. The maximum atomic E-state index is 12.5. The third-order valence-electron chi connectivity index (χ3n) is 4.88. The van der Waals surface area contributed by atoms with Crippen molar-refractivity contribution >= 4 is 17.7 Å². The van der Waals surface area contributed by atoms with Gasteiger partial charge in [-0.25, -0.2) is 0 Å². The highest BCUT2D eigenvalue weighted by Crippen LogP contribution is 2.26. The van der Waals surface area contributed by atoms with Gasteiger partial charge < -0.3 is 9.47 Å². The molecule has 0 aliphatic carbocycles. The van der Waals surface area contributed by atoms with Gasteiger partial charge in [0.15, 0.2) is 11.0 Å². The van der Waals surface area contributed by atoms with Crippen LogP contribution in [0.3, 0.4) is 0 Å². The molecule has 0 atom stereocenters. The second-order valence-electron chi connectivity index (χ2n) is 6.72. The van der Waals surface area contributed by atoms with Crippen LogP contribution in [-0.4, -0.2) is 44.4 Å². The van der Waals surface area contributed by atoms with E-state index in [1.165, 1.54) is 17.3 Å². The predicted molar refractivity (Wildman–Crippen MR) is 102 cm³/mol. The van der Waals surface area contributed by atoms with Gasteiger partial charge in [0.1, 0.15) is 0 Å². The minimum Gasteiger partial charge on any atom is -0.342 e. The van der Waals surface area contributed by atoms with Crippen LogP contribution in [-0.2, 0) is 11.3 Å². The molecule has 1 saturated heterocycles. The van der Waals surface area contributed by atoms with Crippen LogP contribution in [0.15, 0.2) is 29.4 Å². The van der Waals surface area contributed by atoms with Crippen LogP contribution < -0.4 is 0 Å². The molecule has 1 aliphatic heterocycles. The molecule has 0 saturated carbocycles. The number of nitrogens with zero attached hydrogens (tertiary/aromatic N) is 4. The average molecular weight is 359 g/mol. The number of likely N-dealkylation sites (tertiary alicyclic amines) is 1. The predicted octanol–water partition coefficient (Wildman–Crippen LogP) is 3.62. The standard InChI is InChI=1S/C19H26N4OS/c1-4-23-18(16-8-6-5-7-15(16)3)20-21-19(23)25-13-17(24)22-11-9-14(2)10-12-22/h5-8,14H,4,9-13H2,1-3H3. The summed E-state index contributed by atoms with van der Waals surface area (Å²) >= 11 is 1.49. The van der Waals surface area contributed by atoms with Crippen LogP contribution in [0.4, 0.5) is 0 Å². The summed E-state index contributed by atoms with van der Waals surface area (Å²) in [5.74, 6) is 2.25. The molecule has 5 nitrogen and oxygen atoms in total. The number of amides is 1. The molecule has 0 spiro atoms. The van der Waals surface area contributed by atoms with Crippen molar-refractivity contribution in [2.75, 3.05) is 18.8 Å². The summed E-state index contributed by atoms with van der Waals surface area (Å²) in [5.41, 5.74) is 2.28. The second kappa shape index (κ2) is 8.04. The Morgan fingerprint density at radius 2 is 1.96 bits per heavy atom. The molecule has 0 unspecified atom stereocenters. The number of benzene rings is 1. The van der Waals surface area contributed by atoms with Crippen LogP contribution in [0.5, 0.6) is 0 Å². The molecule has 1 fully saturated rings. The molecule has 1 amide bonds. The van der Waals surface area contributed by atoms with Gasteiger partial charge in [0.25, 0.3) is 0 Å². The van der Waals surface area contributed by atoms with Gasteiger partial charge >= 0.3 is 0 Å². The van der Waals surface area contributed by atoms with Crippen molar-refractivity contribution in [3.8, 4) is 11.4 Å². The van der Waals surface area contributed by atoms with Gasteiger partial charge in [-0.3, -0.25) is 4.79 Å². The van der Waals surface area contributed by atoms with Crippen LogP contribution in [0.1, 0.15) is 32.3 Å². The molecular formula is C19H26N4OS. The maximum Gasteiger partial charge on any atom is 0.233 e. The van der Waals surface area contributed by atoms with Gasteiger partial charge in [-0.1, -0.05) is 43.0 Å². The first-order chi connectivity index (χ1) is 12.1. The van der Waals surface area contributed by atoms with E-state index < -0.39 is 0 Å². The second-order valence-corrected chi connectivity index (χ2v) is 7.66. The van der Waals surface area contributed by atoms with Crippen molar-refractivity contribution in [2.45, 2.75) is 45.3 Å². The third-order valence-corrected chi connectivity index (χ3v) is 5.83. The molecule has 0 radical (unpaired) electrons. The minimum atomic E-state index is 0.208. The Morgan fingerprint density at radius 1 is 1.24 bits per heavy atom. The summed E-state index contributed by atoms with van der Waals surface area (Å²) in [6, 6.07) is 8.20. The molecule has 25 heavy (non-hydrogen) atoms. The van der Waals surface area contributed by atoms with Gasteiger partial charge in [0, 0.05) is 25.2 Å². The van der Waals surface area contributed by atoms with E-state index >= 15 is 0 Å². The number of carbonyl (C=O) groups is 1. The van der Waals surface area contributed by atoms with Gasteiger partial charge in [-0.2, -0.15) is 0 Å². The molecule has 2 heterocycles. The molecule has 0 N–H and O–H groups in total. The summed E-state index contributed by atoms with van der Waals surface area (Å²) in [6.07, 6.45) is 2.22. The molecule has 1 aromatic heterocycles. The molecular weight excluding hydrogens is 332 g/mol. The van der Waals surface area contributed by atoms with Crippen molar-refractivity contribution in [3.05, 3.63) is 29.8 Å². The normalized spacial score (nSPS) is 15.6. The Hall–Kier alpha value is -1.82. The SMILES string of the molecule is CCn1c(SCC(=O)N2CCC(C)CC2)nnc1-c1ccccc1C.